The fourth-order valence-corrected chi connectivity index (χ4v) is 5.31. The number of pyridine rings is 1. The van der Waals surface area contributed by atoms with Crippen LogP contribution in [0.2, 0.25) is 0 Å². The van der Waals surface area contributed by atoms with Crippen molar-refractivity contribution in [1.82, 2.24) is 4.98 Å². The van der Waals surface area contributed by atoms with Crippen LogP contribution in [0.25, 0.3) is 11.1 Å². The molecule has 0 saturated heterocycles. The maximum atomic E-state index is 13.7. The van der Waals surface area contributed by atoms with Gasteiger partial charge >= 0.3 is 0 Å². The van der Waals surface area contributed by atoms with Crippen molar-refractivity contribution in [2.75, 3.05) is 11.4 Å². The topological polar surface area (TPSA) is 68.5 Å². The average Bonchev–Trinajstić information content (AvgIpc) is 3.56. The third-order valence-electron chi connectivity index (χ3n) is 7.30. The Balaban J connectivity index is 1.36. The molecular formula is C30H34FN3O2. The van der Waals surface area contributed by atoms with Crippen LogP contribution in [0.5, 0.6) is 5.75 Å². The van der Waals surface area contributed by atoms with Crippen molar-refractivity contribution >= 4 is 11.6 Å². The van der Waals surface area contributed by atoms with Gasteiger partial charge in [-0.2, -0.15) is 4.39 Å². The lowest BCUT2D eigenvalue weighted by molar-refractivity contribution is -0.120. The predicted octanol–water partition coefficient (Wildman–Crippen LogP) is 6.08. The maximum Gasteiger partial charge on any atom is 0.230 e. The second-order valence-corrected chi connectivity index (χ2v) is 10.6. The molecule has 0 spiro atoms. The highest BCUT2D eigenvalue weighted by atomic mass is 19.1. The van der Waals surface area contributed by atoms with Crippen LogP contribution < -0.4 is 15.4 Å². The van der Waals surface area contributed by atoms with Gasteiger partial charge in [0.05, 0.1) is 6.10 Å². The van der Waals surface area contributed by atoms with Crippen LogP contribution in [0, 0.1) is 11.9 Å². The first-order chi connectivity index (χ1) is 17.3. The number of anilines is 1. The molecule has 1 aromatic heterocycles. The molecule has 0 radical (unpaired) electrons. The second kappa shape index (κ2) is 10.0. The molecule has 3 aromatic rings. The van der Waals surface area contributed by atoms with Crippen LogP contribution in [0.4, 0.5) is 10.1 Å². The number of aromatic nitrogens is 1. The van der Waals surface area contributed by atoms with Crippen molar-refractivity contribution < 1.29 is 13.9 Å². The minimum absolute atomic E-state index is 0.0427. The maximum absolute atomic E-state index is 13.7. The lowest BCUT2D eigenvalue weighted by atomic mass is 9.97. The highest BCUT2D eigenvalue weighted by molar-refractivity contribution is 5.98. The smallest absolute Gasteiger partial charge is 0.230 e. The molecule has 1 heterocycles. The number of ether oxygens (including phenoxy) is 1. The molecule has 2 aliphatic rings. The number of benzene rings is 2. The second-order valence-electron chi connectivity index (χ2n) is 10.6. The van der Waals surface area contributed by atoms with Gasteiger partial charge in [0.2, 0.25) is 11.9 Å². The Kier molecular flexibility index (Phi) is 6.80. The zero-order valence-electron chi connectivity index (χ0n) is 21.0. The van der Waals surface area contributed by atoms with Gasteiger partial charge in [-0.25, -0.2) is 4.98 Å². The molecule has 2 aliphatic carbocycles. The van der Waals surface area contributed by atoms with Gasteiger partial charge < -0.3 is 15.4 Å². The summed E-state index contributed by atoms with van der Waals surface area (Å²) in [6.45, 7) is 4.51. The molecule has 188 valence electrons. The normalized spacial score (nSPS) is 20.4. The predicted molar refractivity (Wildman–Crippen MR) is 140 cm³/mol. The van der Waals surface area contributed by atoms with E-state index >= 15 is 0 Å². The minimum atomic E-state index is -0.506. The molecule has 5 rings (SSSR count). The Morgan fingerprint density at radius 3 is 2.31 bits per heavy atom. The Bertz CT molecular complexity index is 1200. The highest BCUT2D eigenvalue weighted by Crippen LogP contribution is 2.48. The third kappa shape index (κ3) is 5.44. The van der Waals surface area contributed by atoms with E-state index in [1.165, 1.54) is 6.07 Å². The van der Waals surface area contributed by atoms with Crippen LogP contribution in [-0.4, -0.2) is 29.1 Å². The summed E-state index contributed by atoms with van der Waals surface area (Å²) >= 11 is 0. The molecule has 1 amide bonds. The molecule has 2 saturated carbocycles. The van der Waals surface area contributed by atoms with Crippen molar-refractivity contribution in [3.05, 3.63) is 78.4 Å². The molecule has 2 unspecified atom stereocenters. The van der Waals surface area contributed by atoms with Gasteiger partial charge in [-0.3, -0.25) is 4.79 Å². The SMILES string of the molecule is CC(C)Oc1ccc(-c2ccc(N(CC3(N)CCCC3)C(=O)C3CC3c3cccc(F)n3)cc2)cc1. The number of amides is 1. The van der Waals surface area contributed by atoms with Crippen molar-refractivity contribution in [2.24, 2.45) is 11.7 Å². The molecule has 0 aliphatic heterocycles. The molecule has 2 atom stereocenters. The van der Waals surface area contributed by atoms with Crippen LogP contribution in [0.15, 0.2) is 66.7 Å². The summed E-state index contributed by atoms with van der Waals surface area (Å²) in [4.78, 5) is 19.6. The van der Waals surface area contributed by atoms with Gasteiger partial charge in [0, 0.05) is 35.3 Å². The van der Waals surface area contributed by atoms with Crippen LogP contribution >= 0.6 is 0 Å². The van der Waals surface area contributed by atoms with Gasteiger partial charge in [0.1, 0.15) is 5.75 Å². The van der Waals surface area contributed by atoms with E-state index in [0.717, 1.165) is 48.2 Å². The number of hydrogen-bond donors (Lipinski definition) is 1. The number of rotatable bonds is 8. The van der Waals surface area contributed by atoms with Gasteiger partial charge in [0.15, 0.2) is 0 Å². The summed E-state index contributed by atoms with van der Waals surface area (Å²) in [5.41, 5.74) is 10.00. The summed E-state index contributed by atoms with van der Waals surface area (Å²) in [7, 11) is 0. The average molecular weight is 488 g/mol. The van der Waals surface area contributed by atoms with Gasteiger partial charge in [-0.15, -0.1) is 0 Å². The lowest BCUT2D eigenvalue weighted by Gasteiger charge is -2.33. The van der Waals surface area contributed by atoms with Crippen LogP contribution in [0.3, 0.4) is 0 Å². The largest absolute Gasteiger partial charge is 0.491 e. The standard InChI is InChI=1S/C30H34FN3O2/c1-20(2)36-24-14-10-22(11-15-24)21-8-12-23(13-9-21)34(19-30(32)16-3-4-17-30)29(35)26-18-25(26)27-6-5-7-28(31)33-27/h5-15,20,25-26H,3-4,16-19,32H2,1-2H3. The first-order valence-corrected chi connectivity index (χ1v) is 12.9. The molecule has 2 N–H and O–H groups in total. The lowest BCUT2D eigenvalue weighted by Crippen LogP contribution is -2.50. The zero-order chi connectivity index (χ0) is 25.3. The summed E-state index contributed by atoms with van der Waals surface area (Å²) in [6.07, 6.45) is 4.83. The van der Waals surface area contributed by atoms with E-state index in [-0.39, 0.29) is 29.4 Å². The first-order valence-electron chi connectivity index (χ1n) is 12.9. The van der Waals surface area contributed by atoms with Gasteiger partial charge in [0.25, 0.3) is 0 Å². The Morgan fingerprint density at radius 2 is 1.69 bits per heavy atom. The highest BCUT2D eigenvalue weighted by Gasteiger charge is 2.48. The van der Waals surface area contributed by atoms with Gasteiger partial charge in [-0.1, -0.05) is 43.2 Å². The Labute approximate surface area is 212 Å². The number of nitrogens with zero attached hydrogens (tertiary/aromatic N) is 2. The number of hydrogen-bond acceptors (Lipinski definition) is 4. The fourth-order valence-electron chi connectivity index (χ4n) is 5.31. The van der Waals surface area contributed by atoms with Crippen molar-refractivity contribution in [3.63, 3.8) is 0 Å². The summed E-state index contributed by atoms with van der Waals surface area (Å²) in [5, 5.41) is 0. The van der Waals surface area contributed by atoms with Crippen LogP contribution in [-0.2, 0) is 4.79 Å². The molecule has 2 aromatic carbocycles. The van der Waals surface area contributed by atoms with E-state index < -0.39 is 5.95 Å². The van der Waals surface area contributed by atoms with E-state index in [1.807, 2.05) is 67.3 Å². The summed E-state index contributed by atoms with van der Waals surface area (Å²) in [6, 6.07) is 20.9. The molecule has 0 bridgehead atoms. The van der Waals surface area contributed by atoms with Crippen LogP contribution in [0.1, 0.15) is 57.6 Å². The molecule has 36 heavy (non-hydrogen) atoms. The van der Waals surface area contributed by atoms with E-state index in [9.17, 15) is 9.18 Å². The van der Waals surface area contributed by atoms with Crippen molar-refractivity contribution in [1.29, 1.82) is 0 Å². The number of carbonyl (C=O) groups is 1. The van der Waals surface area contributed by atoms with E-state index in [0.29, 0.717) is 18.7 Å². The monoisotopic (exact) mass is 487 g/mol. The molecule has 6 heteroatoms. The zero-order valence-corrected chi connectivity index (χ0v) is 21.0. The minimum Gasteiger partial charge on any atom is -0.491 e. The Morgan fingerprint density at radius 1 is 1.06 bits per heavy atom. The van der Waals surface area contributed by atoms with Crippen molar-refractivity contribution in [3.8, 4) is 16.9 Å². The number of nitrogens with two attached hydrogens (primary N) is 1. The van der Waals surface area contributed by atoms with Crippen molar-refractivity contribution in [2.45, 2.75) is 63.5 Å². The molecular weight excluding hydrogens is 453 g/mol. The quantitative estimate of drug-likeness (QED) is 0.391. The fraction of sp³-hybridized carbons (Fsp3) is 0.400. The summed E-state index contributed by atoms with van der Waals surface area (Å²) in [5.74, 6) is 0.148. The Hall–Kier alpha value is -3.25. The number of carbonyl (C=O) groups excluding carboxylic acids is 1. The van der Waals surface area contributed by atoms with E-state index in [4.69, 9.17) is 10.5 Å². The summed E-state index contributed by atoms with van der Waals surface area (Å²) < 4.78 is 19.4. The van der Waals surface area contributed by atoms with E-state index in [2.05, 4.69) is 4.98 Å². The third-order valence-corrected chi connectivity index (χ3v) is 7.30. The number of halogens is 1. The first kappa shape index (κ1) is 24.4. The van der Waals surface area contributed by atoms with Gasteiger partial charge in [-0.05, 0) is 80.6 Å². The van der Waals surface area contributed by atoms with E-state index in [1.54, 1.807) is 12.1 Å². The molecule has 5 nitrogen and oxygen atoms in total. The molecule has 2 fully saturated rings.